The molecule has 0 spiro atoms. The summed E-state index contributed by atoms with van der Waals surface area (Å²) in [5.74, 6) is 0.605. The third kappa shape index (κ3) is 4.27. The molecular weight excluding hydrogens is 348 g/mol. The molecule has 2 aromatic heterocycles. The van der Waals surface area contributed by atoms with Crippen molar-refractivity contribution in [3.8, 4) is 0 Å². The number of carbonyl (C=O) groups is 2. The van der Waals surface area contributed by atoms with Crippen molar-refractivity contribution >= 4 is 23.3 Å². The van der Waals surface area contributed by atoms with Gasteiger partial charge in [-0.05, 0) is 52.0 Å². The Balaban J connectivity index is 1.84. The summed E-state index contributed by atoms with van der Waals surface area (Å²) in [6.07, 6.45) is 4.84. The molecule has 3 rings (SSSR count). The summed E-state index contributed by atoms with van der Waals surface area (Å²) < 4.78 is 6.86. The van der Waals surface area contributed by atoms with Gasteiger partial charge in [0.1, 0.15) is 11.4 Å². The molecule has 0 aliphatic heterocycles. The Bertz CT molecular complexity index is 855. The van der Waals surface area contributed by atoms with Gasteiger partial charge in [0.25, 0.3) is 0 Å². The molecule has 1 fully saturated rings. The fraction of sp³-hybridized carbons (Fsp3) is 0.579. The number of ketones is 1. The normalized spacial score (nSPS) is 20.0. The van der Waals surface area contributed by atoms with E-state index < -0.39 is 11.7 Å². The summed E-state index contributed by atoms with van der Waals surface area (Å²) in [5.41, 5.74) is 0.219. The van der Waals surface area contributed by atoms with Gasteiger partial charge in [-0.25, -0.2) is 9.78 Å². The monoisotopic (exact) mass is 374 g/mol. The van der Waals surface area contributed by atoms with E-state index in [4.69, 9.17) is 4.74 Å². The number of fused-ring (bicyclic) bond motifs is 1. The average Bonchev–Trinajstić information content (AvgIpc) is 3.18. The van der Waals surface area contributed by atoms with Gasteiger partial charge < -0.3 is 9.84 Å². The van der Waals surface area contributed by atoms with E-state index in [1.807, 2.05) is 0 Å². The minimum Gasteiger partial charge on any atom is -0.443 e. The van der Waals surface area contributed by atoms with Gasteiger partial charge in [-0.3, -0.25) is 9.69 Å². The number of hydrogen-bond acceptors (Lipinski definition) is 6. The molecule has 2 aromatic rings. The zero-order valence-electron chi connectivity index (χ0n) is 16.2. The lowest BCUT2D eigenvalue weighted by molar-refractivity contribution is 0.0587. The second-order valence-electron chi connectivity index (χ2n) is 8.10. The van der Waals surface area contributed by atoms with Crippen LogP contribution in [0.3, 0.4) is 0 Å². The van der Waals surface area contributed by atoms with E-state index in [9.17, 15) is 14.7 Å². The Labute approximate surface area is 158 Å². The minimum atomic E-state index is -0.616. The number of ether oxygens (including phenoxy) is 1. The number of aromatic nitrogens is 3. The summed E-state index contributed by atoms with van der Waals surface area (Å²) in [4.78, 5) is 30.7. The van der Waals surface area contributed by atoms with E-state index in [1.54, 1.807) is 40.1 Å². The van der Waals surface area contributed by atoms with Crippen LogP contribution in [-0.4, -0.2) is 50.3 Å². The SMILES string of the molecule is CN(C(=O)OC(C)(C)C)c1ccnc2c(C(=O)CC3CC[C@H](O)C3)cnn12. The maximum Gasteiger partial charge on any atom is 0.415 e. The van der Waals surface area contributed by atoms with Crippen molar-refractivity contribution in [3.05, 3.63) is 24.0 Å². The van der Waals surface area contributed by atoms with Crippen LogP contribution in [0.5, 0.6) is 0 Å². The van der Waals surface area contributed by atoms with E-state index in [2.05, 4.69) is 10.1 Å². The molecule has 1 N–H and O–H groups in total. The molecule has 0 bridgehead atoms. The van der Waals surface area contributed by atoms with Crippen LogP contribution in [0.25, 0.3) is 5.65 Å². The van der Waals surface area contributed by atoms with Gasteiger partial charge in [0.15, 0.2) is 11.4 Å². The Morgan fingerprint density at radius 2 is 2.11 bits per heavy atom. The molecule has 1 aliphatic carbocycles. The number of aliphatic hydroxyl groups is 1. The highest BCUT2D eigenvalue weighted by Gasteiger charge is 2.28. The summed E-state index contributed by atoms with van der Waals surface area (Å²) in [5, 5.41) is 13.9. The number of nitrogens with zero attached hydrogens (tertiary/aromatic N) is 4. The van der Waals surface area contributed by atoms with Gasteiger partial charge in [0.2, 0.25) is 0 Å². The summed E-state index contributed by atoms with van der Waals surface area (Å²) in [6.45, 7) is 5.39. The van der Waals surface area contributed by atoms with Crippen molar-refractivity contribution in [2.24, 2.45) is 5.92 Å². The first-order valence-corrected chi connectivity index (χ1v) is 9.16. The average molecular weight is 374 g/mol. The van der Waals surface area contributed by atoms with E-state index in [0.29, 0.717) is 29.9 Å². The van der Waals surface area contributed by atoms with Gasteiger partial charge in [-0.15, -0.1) is 0 Å². The Morgan fingerprint density at radius 1 is 1.37 bits per heavy atom. The van der Waals surface area contributed by atoms with Crippen LogP contribution < -0.4 is 4.90 Å². The maximum absolute atomic E-state index is 12.7. The first-order chi connectivity index (χ1) is 12.7. The molecular formula is C19H26N4O4. The largest absolute Gasteiger partial charge is 0.443 e. The smallest absolute Gasteiger partial charge is 0.415 e. The van der Waals surface area contributed by atoms with Crippen molar-refractivity contribution in [1.29, 1.82) is 0 Å². The zero-order valence-corrected chi connectivity index (χ0v) is 16.2. The Morgan fingerprint density at radius 3 is 2.74 bits per heavy atom. The number of rotatable bonds is 4. The van der Waals surface area contributed by atoms with Crippen LogP contribution in [0.4, 0.5) is 10.6 Å². The van der Waals surface area contributed by atoms with E-state index in [-0.39, 0.29) is 17.8 Å². The molecule has 2 heterocycles. The van der Waals surface area contributed by atoms with E-state index in [0.717, 1.165) is 12.8 Å². The molecule has 27 heavy (non-hydrogen) atoms. The van der Waals surface area contributed by atoms with Gasteiger partial charge in [-0.1, -0.05) is 0 Å². The summed E-state index contributed by atoms with van der Waals surface area (Å²) in [7, 11) is 1.59. The van der Waals surface area contributed by atoms with Crippen LogP contribution >= 0.6 is 0 Å². The van der Waals surface area contributed by atoms with E-state index >= 15 is 0 Å². The molecule has 1 saturated carbocycles. The maximum atomic E-state index is 12.7. The second-order valence-corrected chi connectivity index (χ2v) is 8.10. The summed E-state index contributed by atoms with van der Waals surface area (Å²) in [6, 6.07) is 1.64. The lowest BCUT2D eigenvalue weighted by Crippen LogP contribution is -2.35. The van der Waals surface area contributed by atoms with Crippen LogP contribution in [0.15, 0.2) is 18.5 Å². The Hall–Kier alpha value is -2.48. The zero-order chi connectivity index (χ0) is 19.8. The van der Waals surface area contributed by atoms with E-state index in [1.165, 1.54) is 15.6 Å². The number of Topliss-reactive ketones (excluding diaryl/α,β-unsaturated/α-hetero) is 1. The number of anilines is 1. The first kappa shape index (κ1) is 19.3. The van der Waals surface area contributed by atoms with Gasteiger partial charge in [-0.2, -0.15) is 9.61 Å². The predicted octanol–water partition coefficient (Wildman–Crippen LogP) is 2.83. The highest BCUT2D eigenvalue weighted by atomic mass is 16.6. The number of carbonyl (C=O) groups excluding carboxylic acids is 2. The number of hydrogen-bond donors (Lipinski definition) is 1. The minimum absolute atomic E-state index is 0.0475. The third-order valence-corrected chi connectivity index (χ3v) is 4.68. The van der Waals surface area contributed by atoms with Gasteiger partial charge >= 0.3 is 6.09 Å². The Kier molecular flexibility index (Phi) is 5.19. The van der Waals surface area contributed by atoms with Crippen molar-refractivity contribution < 1.29 is 19.4 Å². The third-order valence-electron chi connectivity index (χ3n) is 4.68. The summed E-state index contributed by atoms with van der Waals surface area (Å²) >= 11 is 0. The number of aliphatic hydroxyl groups excluding tert-OH is 1. The highest BCUT2D eigenvalue weighted by molar-refractivity contribution is 6.01. The predicted molar refractivity (Wildman–Crippen MR) is 99.9 cm³/mol. The molecule has 1 unspecified atom stereocenters. The molecule has 2 atom stereocenters. The molecule has 8 heteroatoms. The molecule has 146 valence electrons. The lowest BCUT2D eigenvalue weighted by atomic mass is 9.98. The molecule has 1 aliphatic rings. The lowest BCUT2D eigenvalue weighted by Gasteiger charge is -2.24. The van der Waals surface area contributed by atoms with Crippen molar-refractivity contribution in [3.63, 3.8) is 0 Å². The molecule has 0 saturated heterocycles. The van der Waals surface area contributed by atoms with Crippen LogP contribution in [-0.2, 0) is 4.74 Å². The second kappa shape index (κ2) is 7.26. The highest BCUT2D eigenvalue weighted by Crippen LogP contribution is 2.30. The van der Waals surface area contributed by atoms with Gasteiger partial charge in [0, 0.05) is 19.7 Å². The standard InChI is InChI=1S/C19H26N4O4/c1-19(2,3)27-18(26)22(4)16-7-8-20-17-14(11-21-23(16)17)15(25)10-12-5-6-13(24)9-12/h7-8,11-13,24H,5-6,9-10H2,1-4H3/t12?,13-/m0/s1. The first-order valence-electron chi connectivity index (χ1n) is 9.16. The van der Waals surface area contributed by atoms with Crippen molar-refractivity contribution in [2.45, 2.75) is 58.2 Å². The molecule has 0 radical (unpaired) electrons. The topological polar surface area (TPSA) is 97.0 Å². The molecule has 8 nitrogen and oxygen atoms in total. The number of amides is 1. The van der Waals surface area contributed by atoms with Crippen LogP contribution in [0.1, 0.15) is 56.8 Å². The fourth-order valence-electron chi connectivity index (χ4n) is 3.36. The quantitative estimate of drug-likeness (QED) is 0.827. The van der Waals surface area contributed by atoms with Crippen LogP contribution in [0.2, 0.25) is 0 Å². The van der Waals surface area contributed by atoms with Crippen molar-refractivity contribution in [1.82, 2.24) is 14.6 Å². The molecule has 1 amide bonds. The van der Waals surface area contributed by atoms with Gasteiger partial charge in [0.05, 0.1) is 17.9 Å². The fourth-order valence-corrected chi connectivity index (χ4v) is 3.36. The molecule has 0 aromatic carbocycles. The van der Waals surface area contributed by atoms with Crippen LogP contribution in [0, 0.1) is 5.92 Å². The van der Waals surface area contributed by atoms with Crippen molar-refractivity contribution in [2.75, 3.05) is 11.9 Å².